The summed E-state index contributed by atoms with van der Waals surface area (Å²) in [4.78, 5) is 13.3. The molecule has 1 aliphatic rings. The Hall–Kier alpha value is -3.23. The van der Waals surface area contributed by atoms with Crippen LogP contribution in [-0.2, 0) is 16.1 Å². The van der Waals surface area contributed by atoms with E-state index in [0.717, 1.165) is 22.6 Å². The summed E-state index contributed by atoms with van der Waals surface area (Å²) < 4.78 is 28.1. The van der Waals surface area contributed by atoms with Gasteiger partial charge < -0.3 is 23.7 Å². The van der Waals surface area contributed by atoms with Crippen molar-refractivity contribution >= 4 is 0 Å². The van der Waals surface area contributed by atoms with Crippen LogP contribution >= 0.6 is 0 Å². The number of pyridine rings is 1. The van der Waals surface area contributed by atoms with Gasteiger partial charge in [0, 0.05) is 11.8 Å². The molecule has 4 rings (SSSR count). The first kappa shape index (κ1) is 21.0. The summed E-state index contributed by atoms with van der Waals surface area (Å²) in [5.74, 6) is 2.12. The Morgan fingerprint density at radius 2 is 1.94 bits per heavy atom. The summed E-state index contributed by atoms with van der Waals surface area (Å²) in [6.45, 7) is 4.43. The first-order valence-electron chi connectivity index (χ1n) is 10.1. The highest BCUT2D eigenvalue weighted by Gasteiger charge is 2.17. The Labute approximate surface area is 181 Å². The molecule has 8 nitrogen and oxygen atoms in total. The molecule has 1 aromatic carbocycles. The first-order chi connectivity index (χ1) is 15.2. The normalized spacial score (nSPS) is 16.0. The van der Waals surface area contributed by atoms with Crippen molar-refractivity contribution in [2.24, 2.45) is 0 Å². The molecule has 1 fully saturated rings. The fourth-order valence-electron chi connectivity index (χ4n) is 3.13. The smallest absolute Gasteiger partial charge is 0.220 e. The highest BCUT2D eigenvalue weighted by Crippen LogP contribution is 2.28. The molecule has 1 saturated heterocycles. The van der Waals surface area contributed by atoms with Gasteiger partial charge in [0.05, 0.1) is 38.7 Å². The van der Waals surface area contributed by atoms with Gasteiger partial charge in [-0.3, -0.25) is 4.98 Å². The van der Waals surface area contributed by atoms with Crippen LogP contribution in [0.2, 0.25) is 0 Å². The molecule has 1 atom stereocenters. The summed E-state index contributed by atoms with van der Waals surface area (Å²) >= 11 is 0. The molecule has 0 saturated carbocycles. The van der Waals surface area contributed by atoms with Crippen LogP contribution in [0.15, 0.2) is 48.7 Å². The van der Waals surface area contributed by atoms with Crippen molar-refractivity contribution in [1.29, 1.82) is 0 Å². The number of hydrogen-bond donors (Lipinski definition) is 0. The van der Waals surface area contributed by atoms with Gasteiger partial charge in [0.15, 0.2) is 5.82 Å². The van der Waals surface area contributed by atoms with Gasteiger partial charge in [-0.15, -0.1) is 0 Å². The molecule has 0 bridgehead atoms. The van der Waals surface area contributed by atoms with Gasteiger partial charge in [-0.1, -0.05) is 6.07 Å². The minimum absolute atomic E-state index is 0.115. The van der Waals surface area contributed by atoms with Crippen molar-refractivity contribution in [1.82, 2.24) is 15.0 Å². The third kappa shape index (κ3) is 5.68. The third-order valence-electron chi connectivity index (χ3n) is 4.74. The number of aryl methyl sites for hydroxylation is 1. The Kier molecular flexibility index (Phi) is 6.91. The van der Waals surface area contributed by atoms with E-state index >= 15 is 0 Å². The molecule has 0 N–H and O–H groups in total. The lowest BCUT2D eigenvalue weighted by atomic mass is 10.1. The first-order valence-corrected chi connectivity index (χ1v) is 10.1. The van der Waals surface area contributed by atoms with E-state index in [0.29, 0.717) is 50.6 Å². The van der Waals surface area contributed by atoms with Crippen LogP contribution in [0.25, 0.3) is 11.4 Å². The summed E-state index contributed by atoms with van der Waals surface area (Å²) in [6.07, 6.45) is 1.63. The van der Waals surface area contributed by atoms with E-state index in [1.807, 2.05) is 43.3 Å². The van der Waals surface area contributed by atoms with Gasteiger partial charge in [-0.2, -0.15) is 9.97 Å². The van der Waals surface area contributed by atoms with Gasteiger partial charge >= 0.3 is 0 Å². The molecule has 1 unspecified atom stereocenters. The van der Waals surface area contributed by atoms with Crippen LogP contribution in [0.4, 0.5) is 0 Å². The Morgan fingerprint density at radius 1 is 1.03 bits per heavy atom. The summed E-state index contributed by atoms with van der Waals surface area (Å²) in [5.41, 5.74) is 2.71. The highest BCUT2D eigenvalue weighted by atomic mass is 16.6. The van der Waals surface area contributed by atoms with Crippen LogP contribution < -0.4 is 14.2 Å². The fraction of sp³-hybridized carbons (Fsp3) is 0.348. The van der Waals surface area contributed by atoms with Gasteiger partial charge in [0.1, 0.15) is 25.1 Å². The zero-order valence-corrected chi connectivity index (χ0v) is 17.6. The van der Waals surface area contributed by atoms with Crippen molar-refractivity contribution in [3.63, 3.8) is 0 Å². The van der Waals surface area contributed by atoms with E-state index in [9.17, 15) is 0 Å². The predicted octanol–water partition coefficient (Wildman–Crippen LogP) is 3.23. The van der Waals surface area contributed by atoms with E-state index in [2.05, 4.69) is 15.0 Å². The monoisotopic (exact) mass is 423 g/mol. The van der Waals surface area contributed by atoms with E-state index in [1.54, 1.807) is 19.4 Å². The van der Waals surface area contributed by atoms with Crippen molar-refractivity contribution in [2.75, 3.05) is 33.5 Å². The highest BCUT2D eigenvalue weighted by molar-refractivity contribution is 5.62. The van der Waals surface area contributed by atoms with E-state index in [1.165, 1.54) is 0 Å². The van der Waals surface area contributed by atoms with E-state index in [-0.39, 0.29) is 6.10 Å². The van der Waals surface area contributed by atoms with Gasteiger partial charge in [-0.05, 0) is 42.8 Å². The summed E-state index contributed by atoms with van der Waals surface area (Å²) in [5, 5.41) is 0. The Morgan fingerprint density at radius 3 is 2.68 bits per heavy atom. The summed E-state index contributed by atoms with van der Waals surface area (Å²) in [6, 6.07) is 13.2. The number of hydrogen-bond acceptors (Lipinski definition) is 8. The molecule has 31 heavy (non-hydrogen) atoms. The molecular weight excluding hydrogens is 398 g/mol. The van der Waals surface area contributed by atoms with Gasteiger partial charge in [0.2, 0.25) is 11.8 Å². The van der Waals surface area contributed by atoms with Crippen molar-refractivity contribution in [3.05, 3.63) is 59.9 Å². The van der Waals surface area contributed by atoms with Crippen LogP contribution in [0, 0.1) is 6.92 Å². The molecule has 0 amide bonds. The maximum absolute atomic E-state index is 5.86. The van der Waals surface area contributed by atoms with Gasteiger partial charge in [-0.25, -0.2) is 0 Å². The number of rotatable bonds is 8. The predicted molar refractivity (Wildman–Crippen MR) is 113 cm³/mol. The molecule has 162 valence electrons. The average molecular weight is 423 g/mol. The molecule has 0 aliphatic carbocycles. The molecule has 0 spiro atoms. The largest absolute Gasteiger partial charge is 0.487 e. The molecular formula is C23H25N3O5. The Balaban J connectivity index is 1.48. The molecule has 1 aliphatic heterocycles. The maximum atomic E-state index is 5.86. The number of aromatic nitrogens is 3. The van der Waals surface area contributed by atoms with Gasteiger partial charge in [0.25, 0.3) is 0 Å². The standard InChI is InChI=1S/C23H25N3O5/c1-16-11-18(30-13-17-5-3-4-8-24-17)6-7-20(16)23-25-21(27-2)12-22(26-23)31-15-19-14-28-9-10-29-19/h3-8,11-12,19H,9-10,13-15H2,1-2H3. The fourth-order valence-corrected chi connectivity index (χ4v) is 3.13. The summed E-state index contributed by atoms with van der Waals surface area (Å²) in [7, 11) is 1.56. The zero-order chi connectivity index (χ0) is 21.5. The van der Waals surface area contributed by atoms with Crippen LogP contribution in [0.3, 0.4) is 0 Å². The van der Waals surface area contributed by atoms with Crippen molar-refractivity contribution in [3.8, 4) is 28.9 Å². The van der Waals surface area contributed by atoms with Crippen LogP contribution in [-0.4, -0.2) is 54.6 Å². The van der Waals surface area contributed by atoms with Crippen molar-refractivity contribution < 1.29 is 23.7 Å². The van der Waals surface area contributed by atoms with E-state index < -0.39 is 0 Å². The second-order valence-electron chi connectivity index (χ2n) is 7.04. The molecule has 0 radical (unpaired) electrons. The van der Waals surface area contributed by atoms with Crippen molar-refractivity contribution in [2.45, 2.75) is 19.6 Å². The third-order valence-corrected chi connectivity index (χ3v) is 4.74. The second-order valence-corrected chi connectivity index (χ2v) is 7.04. The SMILES string of the molecule is COc1cc(OCC2COCCO2)nc(-c2ccc(OCc3ccccn3)cc2C)n1. The molecule has 8 heteroatoms. The lowest BCUT2D eigenvalue weighted by Gasteiger charge is -2.22. The topological polar surface area (TPSA) is 84.8 Å². The molecule has 3 aromatic rings. The number of methoxy groups -OCH3 is 1. The number of nitrogens with zero attached hydrogens (tertiary/aromatic N) is 3. The number of ether oxygens (including phenoxy) is 5. The minimum Gasteiger partial charge on any atom is -0.487 e. The maximum Gasteiger partial charge on any atom is 0.220 e. The van der Waals surface area contributed by atoms with Crippen LogP contribution in [0.1, 0.15) is 11.3 Å². The zero-order valence-electron chi connectivity index (χ0n) is 17.6. The van der Waals surface area contributed by atoms with Crippen LogP contribution in [0.5, 0.6) is 17.5 Å². The lowest BCUT2D eigenvalue weighted by Crippen LogP contribution is -2.33. The molecule has 3 heterocycles. The average Bonchev–Trinajstić information content (AvgIpc) is 2.82. The van der Waals surface area contributed by atoms with E-state index in [4.69, 9.17) is 23.7 Å². The lowest BCUT2D eigenvalue weighted by molar-refractivity contribution is -0.102. The second kappa shape index (κ2) is 10.2. The Bertz CT molecular complexity index is 994. The molecule has 2 aromatic heterocycles. The quantitative estimate of drug-likeness (QED) is 0.546. The minimum atomic E-state index is -0.115. The number of benzene rings is 1.